The zero-order valence-corrected chi connectivity index (χ0v) is 16.2. The van der Waals surface area contributed by atoms with Crippen molar-refractivity contribution in [2.45, 2.75) is 12.5 Å². The molecule has 3 rings (SSSR count). The molecule has 1 aromatic carbocycles. The van der Waals surface area contributed by atoms with Gasteiger partial charge in [-0.2, -0.15) is 0 Å². The molecule has 2 fully saturated rings. The molecule has 2 heterocycles. The van der Waals surface area contributed by atoms with Gasteiger partial charge in [-0.15, -0.1) is 0 Å². The van der Waals surface area contributed by atoms with E-state index in [4.69, 9.17) is 4.74 Å². The van der Waals surface area contributed by atoms with E-state index >= 15 is 0 Å². The molecule has 1 atom stereocenters. The maximum Gasteiger partial charge on any atom is 0.236 e. The summed E-state index contributed by atoms with van der Waals surface area (Å²) < 4.78 is 28.7. The van der Waals surface area contributed by atoms with Gasteiger partial charge in [0.2, 0.25) is 5.91 Å². The first-order chi connectivity index (χ1) is 12.4. The van der Waals surface area contributed by atoms with Gasteiger partial charge in [0.25, 0.3) is 0 Å². The largest absolute Gasteiger partial charge is 0.495 e. The first kappa shape index (κ1) is 19.0. The lowest BCUT2D eigenvalue weighted by Crippen LogP contribution is -2.51. The van der Waals surface area contributed by atoms with E-state index in [1.165, 1.54) is 0 Å². The zero-order valence-electron chi connectivity index (χ0n) is 15.4. The van der Waals surface area contributed by atoms with Gasteiger partial charge >= 0.3 is 0 Å². The van der Waals surface area contributed by atoms with Crippen LogP contribution in [0.15, 0.2) is 24.3 Å². The fourth-order valence-electron chi connectivity index (χ4n) is 3.63. The number of rotatable bonds is 5. The molecule has 1 amide bonds. The lowest BCUT2D eigenvalue weighted by atomic mass is 10.2. The molecule has 0 aromatic heterocycles. The van der Waals surface area contributed by atoms with Crippen molar-refractivity contribution in [2.75, 3.05) is 63.3 Å². The van der Waals surface area contributed by atoms with Crippen LogP contribution >= 0.6 is 0 Å². The minimum absolute atomic E-state index is 0.00200. The molecule has 8 heteroatoms. The molecule has 1 unspecified atom stereocenters. The van der Waals surface area contributed by atoms with E-state index < -0.39 is 9.84 Å². The Morgan fingerprint density at radius 1 is 1.23 bits per heavy atom. The second kappa shape index (κ2) is 7.84. The maximum absolute atomic E-state index is 12.5. The summed E-state index contributed by atoms with van der Waals surface area (Å²) in [6, 6.07) is 7.78. The van der Waals surface area contributed by atoms with Crippen LogP contribution in [0.25, 0.3) is 0 Å². The van der Waals surface area contributed by atoms with Crippen LogP contribution in [0.4, 0.5) is 5.69 Å². The second-order valence-corrected chi connectivity index (χ2v) is 9.23. The van der Waals surface area contributed by atoms with Crippen LogP contribution in [0.1, 0.15) is 6.42 Å². The second-order valence-electron chi connectivity index (χ2n) is 7.00. The highest BCUT2D eigenvalue weighted by molar-refractivity contribution is 7.91. The van der Waals surface area contributed by atoms with Gasteiger partial charge in [0.15, 0.2) is 9.84 Å². The van der Waals surface area contributed by atoms with Crippen molar-refractivity contribution in [3.8, 4) is 5.75 Å². The highest BCUT2D eigenvalue weighted by atomic mass is 32.2. The number of para-hydroxylation sites is 2. The van der Waals surface area contributed by atoms with Crippen LogP contribution < -0.4 is 9.64 Å². The maximum atomic E-state index is 12.5. The number of sulfone groups is 1. The molecule has 0 radical (unpaired) electrons. The molecule has 1 aromatic rings. The van der Waals surface area contributed by atoms with E-state index in [0.717, 1.165) is 37.6 Å². The normalized spacial score (nSPS) is 23.0. The van der Waals surface area contributed by atoms with Crippen LogP contribution in [0.3, 0.4) is 0 Å². The third-order valence-electron chi connectivity index (χ3n) is 5.31. The Bertz CT molecular complexity index is 745. The topological polar surface area (TPSA) is 70.2 Å². The Labute approximate surface area is 155 Å². The van der Waals surface area contributed by atoms with Crippen LogP contribution in [0.2, 0.25) is 0 Å². The SMILES string of the molecule is COc1ccccc1N1CCN(CC(=O)N(C)C2CCS(=O)(=O)C2)CC1. The lowest BCUT2D eigenvalue weighted by molar-refractivity contribution is -0.132. The predicted octanol–water partition coefficient (Wildman–Crippen LogP) is 0.463. The van der Waals surface area contributed by atoms with Crippen molar-refractivity contribution in [3.63, 3.8) is 0 Å². The van der Waals surface area contributed by atoms with Crippen molar-refractivity contribution in [1.29, 1.82) is 0 Å². The summed E-state index contributed by atoms with van der Waals surface area (Å²) >= 11 is 0. The number of anilines is 1. The number of piperazine rings is 1. The highest BCUT2D eigenvalue weighted by Crippen LogP contribution is 2.28. The van der Waals surface area contributed by atoms with E-state index in [9.17, 15) is 13.2 Å². The van der Waals surface area contributed by atoms with Gasteiger partial charge in [0, 0.05) is 39.3 Å². The third kappa shape index (κ3) is 4.29. The van der Waals surface area contributed by atoms with Crippen LogP contribution in [0, 0.1) is 0 Å². The van der Waals surface area contributed by atoms with E-state index in [2.05, 4.69) is 9.80 Å². The highest BCUT2D eigenvalue weighted by Gasteiger charge is 2.33. The molecule has 26 heavy (non-hydrogen) atoms. The molecule has 144 valence electrons. The molecule has 7 nitrogen and oxygen atoms in total. The summed E-state index contributed by atoms with van der Waals surface area (Å²) in [6.45, 7) is 3.58. The molecule has 0 spiro atoms. The molecule has 0 N–H and O–H groups in total. The smallest absolute Gasteiger partial charge is 0.236 e. The van der Waals surface area contributed by atoms with Gasteiger partial charge in [-0.25, -0.2) is 8.42 Å². The fraction of sp³-hybridized carbons (Fsp3) is 0.611. The van der Waals surface area contributed by atoms with Crippen molar-refractivity contribution < 1.29 is 17.9 Å². The van der Waals surface area contributed by atoms with Gasteiger partial charge in [-0.05, 0) is 18.6 Å². The van der Waals surface area contributed by atoms with E-state index in [1.54, 1.807) is 19.1 Å². The fourth-order valence-corrected chi connectivity index (χ4v) is 5.40. The molecule has 0 aliphatic carbocycles. The summed E-state index contributed by atoms with van der Waals surface area (Å²) in [5.41, 5.74) is 1.08. The van der Waals surface area contributed by atoms with E-state index in [0.29, 0.717) is 13.0 Å². The molecular formula is C18H27N3O4S. The quantitative estimate of drug-likeness (QED) is 0.738. The zero-order chi connectivity index (χ0) is 18.7. The Morgan fingerprint density at radius 3 is 2.54 bits per heavy atom. The lowest BCUT2D eigenvalue weighted by Gasteiger charge is -2.37. The molecular weight excluding hydrogens is 354 g/mol. The van der Waals surface area contributed by atoms with Crippen LogP contribution in [-0.4, -0.2) is 88.6 Å². The van der Waals surface area contributed by atoms with Gasteiger partial charge in [0.1, 0.15) is 5.75 Å². The third-order valence-corrected chi connectivity index (χ3v) is 7.06. The van der Waals surface area contributed by atoms with E-state index in [1.807, 2.05) is 24.3 Å². The number of methoxy groups -OCH3 is 1. The molecule has 0 saturated carbocycles. The number of hydrogen-bond acceptors (Lipinski definition) is 6. The van der Waals surface area contributed by atoms with Gasteiger partial charge in [-0.1, -0.05) is 12.1 Å². The predicted molar refractivity (Wildman–Crippen MR) is 101 cm³/mol. The summed E-state index contributed by atoms with van der Waals surface area (Å²) in [6.07, 6.45) is 0.548. The Balaban J connectivity index is 1.51. The Morgan fingerprint density at radius 2 is 1.92 bits per heavy atom. The van der Waals surface area contributed by atoms with Crippen molar-refractivity contribution >= 4 is 21.4 Å². The average Bonchev–Trinajstić information content (AvgIpc) is 3.01. The summed E-state index contributed by atoms with van der Waals surface area (Å²) in [7, 11) is 0.417. The van der Waals surface area contributed by atoms with Gasteiger partial charge < -0.3 is 14.5 Å². The van der Waals surface area contributed by atoms with Crippen molar-refractivity contribution in [2.24, 2.45) is 0 Å². The average molecular weight is 381 g/mol. The first-order valence-electron chi connectivity index (χ1n) is 8.96. The molecule has 0 bridgehead atoms. The van der Waals surface area contributed by atoms with Crippen LogP contribution in [0.5, 0.6) is 5.75 Å². The monoisotopic (exact) mass is 381 g/mol. The number of nitrogens with zero attached hydrogens (tertiary/aromatic N) is 3. The number of amides is 1. The van der Waals surface area contributed by atoms with Gasteiger partial charge in [0.05, 0.1) is 30.8 Å². The number of likely N-dealkylation sites (N-methyl/N-ethyl adjacent to an activating group) is 1. The standard InChI is InChI=1S/C18H27N3O4S/c1-19(15-7-12-26(23,24)14-15)18(22)13-20-8-10-21(11-9-20)16-5-3-4-6-17(16)25-2/h3-6,15H,7-14H2,1-2H3. The van der Waals surface area contributed by atoms with Gasteiger partial charge in [-0.3, -0.25) is 9.69 Å². The molecule has 2 aliphatic rings. The summed E-state index contributed by atoms with van der Waals surface area (Å²) in [5.74, 6) is 1.14. The summed E-state index contributed by atoms with van der Waals surface area (Å²) in [4.78, 5) is 18.5. The number of carbonyl (C=O) groups is 1. The van der Waals surface area contributed by atoms with Crippen molar-refractivity contribution in [3.05, 3.63) is 24.3 Å². The molecule has 2 saturated heterocycles. The number of benzene rings is 1. The Kier molecular flexibility index (Phi) is 5.72. The number of hydrogen-bond donors (Lipinski definition) is 0. The number of ether oxygens (including phenoxy) is 1. The van der Waals surface area contributed by atoms with Crippen LogP contribution in [-0.2, 0) is 14.6 Å². The number of carbonyl (C=O) groups excluding carboxylic acids is 1. The van der Waals surface area contributed by atoms with E-state index in [-0.39, 0.29) is 23.5 Å². The Hall–Kier alpha value is -1.80. The van der Waals surface area contributed by atoms with Crippen molar-refractivity contribution in [1.82, 2.24) is 9.80 Å². The molecule has 2 aliphatic heterocycles. The minimum atomic E-state index is -2.98. The minimum Gasteiger partial charge on any atom is -0.495 e. The first-order valence-corrected chi connectivity index (χ1v) is 10.8. The summed E-state index contributed by atoms with van der Waals surface area (Å²) in [5, 5.41) is 0.